The van der Waals surface area contributed by atoms with Crippen LogP contribution in [0.2, 0.25) is 5.02 Å². The van der Waals surface area contributed by atoms with Gasteiger partial charge >= 0.3 is 0 Å². The number of non-ortho nitro benzene ring substituents is 1. The maximum Gasteiger partial charge on any atom is 0.269 e. The maximum atomic E-state index is 10.8. The fourth-order valence-corrected chi connectivity index (χ4v) is 3.30. The van der Waals surface area contributed by atoms with Crippen molar-refractivity contribution < 1.29 is 9.45 Å². The summed E-state index contributed by atoms with van der Waals surface area (Å²) in [4.78, 5) is 19.3. The lowest BCUT2D eigenvalue weighted by Crippen LogP contribution is -2.46. The van der Waals surface area contributed by atoms with Gasteiger partial charge in [0, 0.05) is 54.6 Å². The van der Waals surface area contributed by atoms with Gasteiger partial charge in [-0.05, 0) is 36.4 Å². The smallest absolute Gasteiger partial charge is 0.269 e. The summed E-state index contributed by atoms with van der Waals surface area (Å²) in [5.41, 5.74) is 1.96. The van der Waals surface area contributed by atoms with Crippen molar-refractivity contribution in [3.63, 3.8) is 0 Å². The molecule has 0 N–H and O–H groups in total. The first-order chi connectivity index (χ1) is 13.6. The predicted octanol–water partition coefficient (Wildman–Crippen LogP) is 3.62. The standard InChI is InChI=1S/C19H18ClN5O3/c20-15-3-1-14(2-4-15)19-21-18(28-22-19)13-23-9-11-24(12-10-23)16-5-7-17(8-6-16)25(26)27/h1-8H,9-13H2. The third-order valence-electron chi connectivity index (χ3n) is 4.73. The molecule has 8 nitrogen and oxygen atoms in total. The molecule has 1 fully saturated rings. The summed E-state index contributed by atoms with van der Waals surface area (Å²) >= 11 is 5.91. The lowest BCUT2D eigenvalue weighted by atomic mass is 10.2. The molecule has 3 aromatic rings. The molecule has 0 saturated carbocycles. The summed E-state index contributed by atoms with van der Waals surface area (Å²) in [7, 11) is 0. The van der Waals surface area contributed by atoms with E-state index in [2.05, 4.69) is 19.9 Å². The molecule has 0 spiro atoms. The van der Waals surface area contributed by atoms with Crippen LogP contribution in [0.15, 0.2) is 53.1 Å². The summed E-state index contributed by atoms with van der Waals surface area (Å²) < 4.78 is 5.39. The maximum absolute atomic E-state index is 10.8. The minimum absolute atomic E-state index is 0.107. The van der Waals surface area contributed by atoms with Crippen molar-refractivity contribution in [3.05, 3.63) is 69.6 Å². The zero-order valence-electron chi connectivity index (χ0n) is 15.0. The average Bonchev–Trinajstić information content (AvgIpc) is 3.18. The minimum atomic E-state index is -0.385. The fourth-order valence-electron chi connectivity index (χ4n) is 3.18. The van der Waals surface area contributed by atoms with Crippen molar-refractivity contribution in [2.45, 2.75) is 6.54 Å². The summed E-state index contributed by atoms with van der Waals surface area (Å²) in [6.07, 6.45) is 0. The predicted molar refractivity (Wildman–Crippen MR) is 105 cm³/mol. The first-order valence-corrected chi connectivity index (χ1v) is 9.26. The van der Waals surface area contributed by atoms with Crippen molar-refractivity contribution in [2.75, 3.05) is 31.1 Å². The van der Waals surface area contributed by atoms with Crippen LogP contribution in [0.5, 0.6) is 0 Å². The third kappa shape index (κ3) is 4.13. The van der Waals surface area contributed by atoms with Crippen molar-refractivity contribution in [3.8, 4) is 11.4 Å². The summed E-state index contributed by atoms with van der Waals surface area (Å²) in [5.74, 6) is 1.13. The number of hydrogen-bond donors (Lipinski definition) is 0. The first kappa shape index (κ1) is 18.4. The van der Waals surface area contributed by atoms with E-state index in [0.29, 0.717) is 23.3 Å². The molecule has 0 bridgehead atoms. The molecule has 0 aliphatic carbocycles. The van der Waals surface area contributed by atoms with Gasteiger partial charge in [-0.25, -0.2) is 0 Å². The molecule has 2 aromatic carbocycles. The highest BCUT2D eigenvalue weighted by atomic mass is 35.5. The highest BCUT2D eigenvalue weighted by Crippen LogP contribution is 2.22. The number of aromatic nitrogens is 2. The van der Waals surface area contributed by atoms with Crippen LogP contribution in [-0.2, 0) is 6.54 Å². The lowest BCUT2D eigenvalue weighted by molar-refractivity contribution is -0.384. The Hall–Kier alpha value is -2.97. The number of nitro benzene ring substituents is 1. The van der Waals surface area contributed by atoms with Gasteiger partial charge in [0.05, 0.1) is 11.5 Å². The van der Waals surface area contributed by atoms with E-state index >= 15 is 0 Å². The quantitative estimate of drug-likeness (QED) is 0.478. The van der Waals surface area contributed by atoms with Gasteiger partial charge in [-0.1, -0.05) is 16.8 Å². The van der Waals surface area contributed by atoms with Crippen molar-refractivity contribution >= 4 is 23.0 Å². The van der Waals surface area contributed by atoms with Gasteiger partial charge in [-0.15, -0.1) is 0 Å². The van der Waals surface area contributed by atoms with Gasteiger partial charge in [0.2, 0.25) is 11.7 Å². The van der Waals surface area contributed by atoms with Crippen LogP contribution in [-0.4, -0.2) is 46.1 Å². The highest BCUT2D eigenvalue weighted by Gasteiger charge is 2.20. The van der Waals surface area contributed by atoms with Crippen molar-refractivity contribution in [1.29, 1.82) is 0 Å². The number of rotatable bonds is 5. The second-order valence-electron chi connectivity index (χ2n) is 6.56. The Morgan fingerprint density at radius 1 is 1.04 bits per heavy atom. The second-order valence-corrected chi connectivity index (χ2v) is 6.99. The van der Waals surface area contributed by atoms with Gasteiger partial charge < -0.3 is 9.42 Å². The van der Waals surface area contributed by atoms with Crippen LogP contribution in [0, 0.1) is 10.1 Å². The summed E-state index contributed by atoms with van der Waals surface area (Å²) in [6, 6.07) is 14.0. The fraction of sp³-hybridized carbons (Fsp3) is 0.263. The lowest BCUT2D eigenvalue weighted by Gasteiger charge is -2.35. The van der Waals surface area contributed by atoms with Gasteiger partial charge in [0.25, 0.3) is 5.69 Å². The SMILES string of the molecule is O=[N+]([O-])c1ccc(N2CCN(Cc3nc(-c4ccc(Cl)cc4)no3)CC2)cc1. The molecular formula is C19H18ClN5O3. The van der Waals surface area contributed by atoms with E-state index in [9.17, 15) is 10.1 Å². The molecule has 1 aromatic heterocycles. The van der Waals surface area contributed by atoms with Gasteiger partial charge in [0.1, 0.15) is 0 Å². The van der Waals surface area contributed by atoms with Crippen molar-refractivity contribution in [1.82, 2.24) is 15.0 Å². The average molecular weight is 400 g/mol. The molecule has 9 heteroatoms. The Labute approximate surface area is 166 Å². The molecule has 2 heterocycles. The largest absolute Gasteiger partial charge is 0.369 e. The molecule has 1 aliphatic rings. The van der Waals surface area contributed by atoms with E-state index in [4.69, 9.17) is 16.1 Å². The third-order valence-corrected chi connectivity index (χ3v) is 4.98. The molecule has 28 heavy (non-hydrogen) atoms. The van der Waals surface area contributed by atoms with Crippen LogP contribution >= 0.6 is 11.6 Å². The Morgan fingerprint density at radius 2 is 1.71 bits per heavy atom. The van der Waals surface area contributed by atoms with Gasteiger partial charge in [-0.3, -0.25) is 15.0 Å². The number of hydrogen-bond acceptors (Lipinski definition) is 7. The second kappa shape index (κ2) is 7.95. The summed E-state index contributed by atoms with van der Waals surface area (Å²) in [6.45, 7) is 3.94. The number of anilines is 1. The van der Waals surface area contributed by atoms with Crippen LogP contribution < -0.4 is 4.90 Å². The molecule has 0 amide bonds. The highest BCUT2D eigenvalue weighted by molar-refractivity contribution is 6.30. The zero-order chi connectivity index (χ0) is 19.5. The number of benzene rings is 2. The Balaban J connectivity index is 1.33. The topological polar surface area (TPSA) is 88.5 Å². The molecule has 1 saturated heterocycles. The number of piperazine rings is 1. The van der Waals surface area contributed by atoms with E-state index < -0.39 is 0 Å². The number of halogens is 1. The number of nitrogens with zero attached hydrogens (tertiary/aromatic N) is 5. The van der Waals surface area contributed by atoms with E-state index in [-0.39, 0.29) is 10.6 Å². The van der Waals surface area contributed by atoms with E-state index in [1.54, 1.807) is 36.4 Å². The monoisotopic (exact) mass is 399 g/mol. The zero-order valence-corrected chi connectivity index (χ0v) is 15.7. The molecule has 0 atom stereocenters. The van der Waals surface area contributed by atoms with Crippen LogP contribution in [0.25, 0.3) is 11.4 Å². The van der Waals surface area contributed by atoms with Crippen LogP contribution in [0.1, 0.15) is 5.89 Å². The van der Waals surface area contributed by atoms with E-state index in [1.165, 1.54) is 0 Å². The van der Waals surface area contributed by atoms with E-state index in [0.717, 1.165) is 37.4 Å². The van der Waals surface area contributed by atoms with Gasteiger partial charge in [-0.2, -0.15) is 4.98 Å². The minimum Gasteiger partial charge on any atom is -0.369 e. The number of nitro groups is 1. The molecular weight excluding hydrogens is 382 g/mol. The van der Waals surface area contributed by atoms with Crippen LogP contribution in [0.4, 0.5) is 11.4 Å². The Bertz CT molecular complexity index is 950. The van der Waals surface area contributed by atoms with Crippen LogP contribution in [0.3, 0.4) is 0 Å². The first-order valence-electron chi connectivity index (χ1n) is 8.89. The molecule has 0 radical (unpaired) electrons. The molecule has 144 valence electrons. The van der Waals surface area contributed by atoms with Crippen molar-refractivity contribution in [2.24, 2.45) is 0 Å². The molecule has 4 rings (SSSR count). The molecule has 0 unspecified atom stereocenters. The van der Waals surface area contributed by atoms with Gasteiger partial charge in [0.15, 0.2) is 0 Å². The summed E-state index contributed by atoms with van der Waals surface area (Å²) in [5, 5.41) is 15.5. The molecule has 1 aliphatic heterocycles. The van der Waals surface area contributed by atoms with E-state index in [1.807, 2.05) is 12.1 Å². The Kier molecular flexibility index (Phi) is 5.23. The Morgan fingerprint density at radius 3 is 2.36 bits per heavy atom. The normalized spacial score (nSPS) is 15.0.